The number of rotatable bonds is 5. The zero-order valence-corrected chi connectivity index (χ0v) is 9.25. The molecule has 1 fully saturated rings. The average molecular weight is 200 g/mol. The topological polar surface area (TPSA) is 41.6 Å². The van der Waals surface area contributed by atoms with Gasteiger partial charge in [0.2, 0.25) is 0 Å². The van der Waals surface area contributed by atoms with Crippen molar-refractivity contribution in [1.29, 1.82) is 0 Å². The van der Waals surface area contributed by atoms with Gasteiger partial charge in [-0.3, -0.25) is 4.79 Å². The van der Waals surface area contributed by atoms with E-state index in [9.17, 15) is 4.79 Å². The molecule has 0 bridgehead atoms. The van der Waals surface area contributed by atoms with Crippen LogP contribution in [0.5, 0.6) is 0 Å². The zero-order chi connectivity index (χ0) is 10.6. The van der Waals surface area contributed by atoms with Crippen molar-refractivity contribution in [2.24, 2.45) is 0 Å². The molecule has 1 N–H and O–H groups in total. The number of amides is 1. The monoisotopic (exact) mass is 200 g/mol. The van der Waals surface area contributed by atoms with E-state index in [4.69, 9.17) is 4.74 Å². The first kappa shape index (κ1) is 11.5. The summed E-state index contributed by atoms with van der Waals surface area (Å²) in [6, 6.07) is 0.375. The second kappa shape index (κ2) is 5.32. The fraction of sp³-hybridized carbons (Fsp3) is 0.900. The Morgan fingerprint density at radius 3 is 2.64 bits per heavy atom. The van der Waals surface area contributed by atoms with Gasteiger partial charge in [-0.05, 0) is 13.3 Å². The van der Waals surface area contributed by atoms with E-state index in [0.29, 0.717) is 6.04 Å². The van der Waals surface area contributed by atoms with Crippen LogP contribution in [0.1, 0.15) is 20.3 Å². The van der Waals surface area contributed by atoms with Gasteiger partial charge in [-0.2, -0.15) is 0 Å². The highest BCUT2D eigenvalue weighted by Gasteiger charge is 2.30. The lowest BCUT2D eigenvalue weighted by Crippen LogP contribution is -2.60. The Balaban J connectivity index is 2.51. The molecule has 0 radical (unpaired) electrons. The van der Waals surface area contributed by atoms with Gasteiger partial charge in [0.15, 0.2) is 0 Å². The Labute approximate surface area is 85.6 Å². The molecule has 0 saturated carbocycles. The van der Waals surface area contributed by atoms with Crippen molar-refractivity contribution >= 4 is 5.91 Å². The number of carbonyl (C=O) groups excluding carboxylic acids is 1. The minimum atomic E-state index is -0.317. The quantitative estimate of drug-likeness (QED) is 0.691. The lowest BCUT2D eigenvalue weighted by atomic mass is 10.1. The number of methoxy groups -OCH3 is 1. The second-order valence-corrected chi connectivity index (χ2v) is 3.72. The van der Waals surface area contributed by atoms with Crippen LogP contribution in [-0.2, 0) is 9.53 Å². The van der Waals surface area contributed by atoms with Gasteiger partial charge in [0.25, 0.3) is 5.91 Å². The van der Waals surface area contributed by atoms with Crippen LogP contribution in [0.3, 0.4) is 0 Å². The van der Waals surface area contributed by atoms with Crippen LogP contribution in [-0.4, -0.2) is 49.7 Å². The molecule has 1 amide bonds. The van der Waals surface area contributed by atoms with Crippen LogP contribution in [0.2, 0.25) is 0 Å². The number of ether oxygens (including phenoxy) is 1. The van der Waals surface area contributed by atoms with Gasteiger partial charge in [-0.25, -0.2) is 0 Å². The summed E-state index contributed by atoms with van der Waals surface area (Å²) in [5, 5.41) is 3.18. The zero-order valence-electron chi connectivity index (χ0n) is 9.25. The van der Waals surface area contributed by atoms with Crippen LogP contribution in [0.4, 0.5) is 0 Å². The molecule has 1 heterocycles. The van der Waals surface area contributed by atoms with Crippen LogP contribution in [0.25, 0.3) is 0 Å². The number of nitrogens with zero attached hydrogens (tertiary/aromatic N) is 1. The Morgan fingerprint density at radius 1 is 1.64 bits per heavy atom. The van der Waals surface area contributed by atoms with E-state index in [-0.39, 0.29) is 12.0 Å². The molecule has 1 aliphatic rings. The van der Waals surface area contributed by atoms with Gasteiger partial charge < -0.3 is 15.0 Å². The molecule has 0 aliphatic carbocycles. The predicted octanol–water partition coefficient (Wildman–Crippen LogP) is 0.232. The molecule has 1 saturated heterocycles. The van der Waals surface area contributed by atoms with E-state index in [2.05, 4.69) is 12.2 Å². The van der Waals surface area contributed by atoms with Crippen molar-refractivity contribution in [3.63, 3.8) is 0 Å². The molecular formula is C10H20N2O2. The molecule has 4 heteroatoms. The fourth-order valence-corrected chi connectivity index (χ4v) is 1.54. The molecule has 1 rings (SSSR count). The Hall–Kier alpha value is -0.610. The summed E-state index contributed by atoms with van der Waals surface area (Å²) in [5.41, 5.74) is 0. The lowest BCUT2D eigenvalue weighted by Gasteiger charge is -2.39. The highest BCUT2D eigenvalue weighted by Crippen LogP contribution is 2.09. The third-order valence-electron chi connectivity index (χ3n) is 2.65. The van der Waals surface area contributed by atoms with Gasteiger partial charge in [0.1, 0.15) is 6.10 Å². The van der Waals surface area contributed by atoms with E-state index in [1.165, 1.54) is 0 Å². The Morgan fingerprint density at radius 2 is 2.29 bits per heavy atom. The van der Waals surface area contributed by atoms with Gasteiger partial charge in [0.05, 0.1) is 6.04 Å². The number of hydrogen-bond acceptors (Lipinski definition) is 3. The average Bonchev–Trinajstić information content (AvgIpc) is 2.12. The highest BCUT2D eigenvalue weighted by atomic mass is 16.5. The summed E-state index contributed by atoms with van der Waals surface area (Å²) in [7, 11) is 1.58. The van der Waals surface area contributed by atoms with Crippen LogP contribution >= 0.6 is 0 Å². The molecule has 4 nitrogen and oxygen atoms in total. The van der Waals surface area contributed by atoms with E-state index in [0.717, 1.165) is 26.1 Å². The molecule has 1 atom stereocenters. The van der Waals surface area contributed by atoms with Crippen molar-refractivity contribution in [3.05, 3.63) is 0 Å². The molecular weight excluding hydrogens is 180 g/mol. The number of hydrogen-bond donors (Lipinski definition) is 1. The van der Waals surface area contributed by atoms with Crippen LogP contribution in [0, 0.1) is 0 Å². The van der Waals surface area contributed by atoms with Crippen LogP contribution < -0.4 is 5.32 Å². The van der Waals surface area contributed by atoms with Crippen molar-refractivity contribution < 1.29 is 9.53 Å². The van der Waals surface area contributed by atoms with Crippen LogP contribution in [0.15, 0.2) is 0 Å². The normalized spacial score (nSPS) is 18.8. The lowest BCUT2D eigenvalue weighted by molar-refractivity contribution is -0.144. The third-order valence-corrected chi connectivity index (χ3v) is 2.65. The smallest absolute Gasteiger partial charge is 0.251 e. The maximum atomic E-state index is 11.9. The summed E-state index contributed by atoms with van der Waals surface area (Å²) in [5.74, 6) is 0.112. The summed E-state index contributed by atoms with van der Waals surface area (Å²) in [4.78, 5) is 13.8. The first-order valence-electron chi connectivity index (χ1n) is 5.24. The summed E-state index contributed by atoms with van der Waals surface area (Å²) >= 11 is 0. The van der Waals surface area contributed by atoms with Crippen molar-refractivity contribution in [2.45, 2.75) is 32.4 Å². The summed E-state index contributed by atoms with van der Waals surface area (Å²) < 4.78 is 5.05. The van der Waals surface area contributed by atoms with Gasteiger partial charge >= 0.3 is 0 Å². The largest absolute Gasteiger partial charge is 0.372 e. The molecule has 0 aromatic rings. The van der Waals surface area contributed by atoms with E-state index < -0.39 is 0 Å². The second-order valence-electron chi connectivity index (χ2n) is 3.72. The molecule has 1 unspecified atom stereocenters. The minimum absolute atomic E-state index is 0.112. The maximum Gasteiger partial charge on any atom is 0.251 e. The minimum Gasteiger partial charge on any atom is -0.372 e. The Bertz CT molecular complexity index is 193. The van der Waals surface area contributed by atoms with E-state index >= 15 is 0 Å². The SMILES string of the molecule is CCCN(C(=O)C(C)OC)C1CNC1. The van der Waals surface area contributed by atoms with Gasteiger partial charge in [-0.15, -0.1) is 0 Å². The van der Waals surface area contributed by atoms with Gasteiger partial charge in [-0.1, -0.05) is 6.92 Å². The molecule has 14 heavy (non-hydrogen) atoms. The summed E-state index contributed by atoms with van der Waals surface area (Å²) in [6.45, 7) is 6.56. The first-order chi connectivity index (χ1) is 6.70. The van der Waals surface area contributed by atoms with Crippen molar-refractivity contribution in [1.82, 2.24) is 10.2 Å². The van der Waals surface area contributed by atoms with Crippen molar-refractivity contribution in [2.75, 3.05) is 26.7 Å². The summed E-state index contributed by atoms with van der Waals surface area (Å²) in [6.07, 6.45) is 0.681. The molecule has 82 valence electrons. The molecule has 0 aromatic heterocycles. The number of carbonyl (C=O) groups is 1. The predicted molar refractivity (Wildman–Crippen MR) is 55.1 cm³/mol. The molecule has 1 aliphatic heterocycles. The van der Waals surface area contributed by atoms with Gasteiger partial charge in [0, 0.05) is 26.7 Å². The standard InChI is InChI=1S/C10H20N2O2/c1-4-5-12(9-6-11-7-9)10(13)8(2)14-3/h8-9,11H,4-7H2,1-3H3. The third kappa shape index (κ3) is 2.45. The fourth-order valence-electron chi connectivity index (χ4n) is 1.54. The molecule has 0 spiro atoms. The first-order valence-corrected chi connectivity index (χ1v) is 5.24. The van der Waals surface area contributed by atoms with E-state index in [1.807, 2.05) is 4.90 Å². The number of nitrogens with one attached hydrogen (secondary N) is 1. The van der Waals surface area contributed by atoms with E-state index in [1.54, 1.807) is 14.0 Å². The Kier molecular flexibility index (Phi) is 4.35. The molecule has 0 aromatic carbocycles. The maximum absolute atomic E-state index is 11.9. The van der Waals surface area contributed by atoms with Crippen molar-refractivity contribution in [3.8, 4) is 0 Å². The highest BCUT2D eigenvalue weighted by molar-refractivity contribution is 5.81.